The summed E-state index contributed by atoms with van der Waals surface area (Å²) in [5.74, 6) is 0.922. The van der Waals surface area contributed by atoms with Crippen LogP contribution in [-0.2, 0) is 13.1 Å². The minimum atomic E-state index is -0.297. The highest BCUT2D eigenvalue weighted by Gasteiger charge is 2.14. The molecule has 1 N–H and O–H groups in total. The Labute approximate surface area is 151 Å². The van der Waals surface area contributed by atoms with Gasteiger partial charge in [0.25, 0.3) is 5.91 Å². The SMILES string of the molecule is COc1cccc(CNC(=O)c2cn(Cc3ccccc3)nn2)c1OC. The molecule has 0 atom stereocenters. The summed E-state index contributed by atoms with van der Waals surface area (Å²) < 4.78 is 12.3. The Morgan fingerprint density at radius 3 is 2.62 bits per heavy atom. The maximum absolute atomic E-state index is 12.3. The quantitative estimate of drug-likeness (QED) is 0.706. The summed E-state index contributed by atoms with van der Waals surface area (Å²) in [6.45, 7) is 0.857. The Bertz CT molecular complexity index is 878. The van der Waals surface area contributed by atoms with Crippen LogP contribution >= 0.6 is 0 Å². The lowest BCUT2D eigenvalue weighted by Gasteiger charge is -2.12. The first-order valence-corrected chi connectivity index (χ1v) is 8.13. The van der Waals surface area contributed by atoms with E-state index in [0.29, 0.717) is 24.6 Å². The minimum Gasteiger partial charge on any atom is -0.493 e. The van der Waals surface area contributed by atoms with Crippen molar-refractivity contribution in [2.45, 2.75) is 13.1 Å². The molecule has 0 aliphatic rings. The molecule has 0 radical (unpaired) electrons. The van der Waals surface area contributed by atoms with Gasteiger partial charge in [0.05, 0.1) is 27.0 Å². The zero-order valence-electron chi connectivity index (χ0n) is 14.7. The molecular weight excluding hydrogens is 332 g/mol. The van der Waals surface area contributed by atoms with Gasteiger partial charge < -0.3 is 14.8 Å². The first kappa shape index (κ1) is 17.5. The zero-order chi connectivity index (χ0) is 18.4. The predicted octanol–water partition coefficient (Wildman–Crippen LogP) is 2.27. The molecule has 0 spiro atoms. The summed E-state index contributed by atoms with van der Waals surface area (Å²) in [5, 5.41) is 10.8. The van der Waals surface area contributed by atoms with Gasteiger partial charge in [0.2, 0.25) is 0 Å². The second-order valence-corrected chi connectivity index (χ2v) is 5.62. The highest BCUT2D eigenvalue weighted by atomic mass is 16.5. The van der Waals surface area contributed by atoms with Crippen LogP contribution in [-0.4, -0.2) is 35.1 Å². The van der Waals surface area contributed by atoms with E-state index in [-0.39, 0.29) is 11.6 Å². The number of aromatic nitrogens is 3. The summed E-state index contributed by atoms with van der Waals surface area (Å²) in [6, 6.07) is 15.4. The molecule has 0 aliphatic heterocycles. The zero-order valence-corrected chi connectivity index (χ0v) is 14.7. The summed E-state index contributed by atoms with van der Waals surface area (Å²) >= 11 is 0. The average molecular weight is 352 g/mol. The highest BCUT2D eigenvalue weighted by Crippen LogP contribution is 2.30. The molecule has 0 saturated carbocycles. The maximum atomic E-state index is 12.3. The van der Waals surface area contributed by atoms with E-state index in [1.807, 2.05) is 42.5 Å². The van der Waals surface area contributed by atoms with Gasteiger partial charge in [-0.3, -0.25) is 4.79 Å². The van der Waals surface area contributed by atoms with Crippen LogP contribution in [0.15, 0.2) is 54.7 Å². The molecule has 1 heterocycles. The molecule has 0 saturated heterocycles. The van der Waals surface area contributed by atoms with E-state index < -0.39 is 0 Å². The smallest absolute Gasteiger partial charge is 0.273 e. The second-order valence-electron chi connectivity index (χ2n) is 5.62. The van der Waals surface area contributed by atoms with Crippen molar-refractivity contribution in [1.29, 1.82) is 0 Å². The Kier molecular flexibility index (Phi) is 5.48. The lowest BCUT2D eigenvalue weighted by Crippen LogP contribution is -2.23. The lowest BCUT2D eigenvalue weighted by atomic mass is 10.2. The Hall–Kier alpha value is -3.35. The third-order valence-electron chi connectivity index (χ3n) is 3.88. The van der Waals surface area contributed by atoms with Crippen molar-refractivity contribution in [1.82, 2.24) is 20.3 Å². The third-order valence-corrected chi connectivity index (χ3v) is 3.88. The van der Waals surface area contributed by atoms with Crippen LogP contribution in [0.2, 0.25) is 0 Å². The van der Waals surface area contributed by atoms with Gasteiger partial charge in [-0.15, -0.1) is 5.10 Å². The van der Waals surface area contributed by atoms with E-state index in [0.717, 1.165) is 11.1 Å². The second kappa shape index (κ2) is 8.15. The highest BCUT2D eigenvalue weighted by molar-refractivity contribution is 5.91. The van der Waals surface area contributed by atoms with Crippen molar-refractivity contribution in [2.75, 3.05) is 14.2 Å². The third kappa shape index (κ3) is 4.00. The summed E-state index contributed by atoms with van der Waals surface area (Å²) in [4.78, 5) is 12.3. The monoisotopic (exact) mass is 352 g/mol. The van der Waals surface area contributed by atoms with Crippen LogP contribution in [0.25, 0.3) is 0 Å². The number of carbonyl (C=O) groups is 1. The normalized spacial score (nSPS) is 10.4. The van der Waals surface area contributed by atoms with Crippen molar-refractivity contribution in [3.8, 4) is 11.5 Å². The molecule has 2 aromatic carbocycles. The first-order chi connectivity index (χ1) is 12.7. The molecule has 7 nitrogen and oxygen atoms in total. The van der Waals surface area contributed by atoms with E-state index in [1.54, 1.807) is 31.2 Å². The van der Waals surface area contributed by atoms with Gasteiger partial charge in [0.15, 0.2) is 17.2 Å². The number of para-hydroxylation sites is 1. The molecule has 3 rings (SSSR count). The largest absolute Gasteiger partial charge is 0.493 e. The number of methoxy groups -OCH3 is 2. The molecule has 1 amide bonds. The molecule has 0 fully saturated rings. The van der Waals surface area contributed by atoms with Crippen molar-refractivity contribution in [3.63, 3.8) is 0 Å². The molecule has 0 bridgehead atoms. The standard InChI is InChI=1S/C19H20N4O3/c1-25-17-10-6-9-15(18(17)26-2)11-20-19(24)16-13-23(22-21-16)12-14-7-4-3-5-8-14/h3-10,13H,11-12H2,1-2H3,(H,20,24). The van der Waals surface area contributed by atoms with E-state index >= 15 is 0 Å². The lowest BCUT2D eigenvalue weighted by molar-refractivity contribution is 0.0945. The van der Waals surface area contributed by atoms with Gasteiger partial charge in [-0.05, 0) is 11.6 Å². The van der Waals surface area contributed by atoms with Crippen molar-refractivity contribution >= 4 is 5.91 Å². The predicted molar refractivity (Wildman–Crippen MR) is 96.3 cm³/mol. The molecule has 0 aliphatic carbocycles. The van der Waals surface area contributed by atoms with Gasteiger partial charge in [0, 0.05) is 12.1 Å². The number of nitrogens with one attached hydrogen (secondary N) is 1. The fourth-order valence-electron chi connectivity index (χ4n) is 2.61. The number of hydrogen-bond acceptors (Lipinski definition) is 5. The maximum Gasteiger partial charge on any atom is 0.273 e. The Morgan fingerprint density at radius 2 is 1.88 bits per heavy atom. The number of carbonyl (C=O) groups excluding carboxylic acids is 1. The van der Waals surface area contributed by atoms with E-state index in [4.69, 9.17) is 9.47 Å². The fraction of sp³-hybridized carbons (Fsp3) is 0.211. The number of hydrogen-bond donors (Lipinski definition) is 1. The molecule has 0 unspecified atom stereocenters. The molecule has 7 heteroatoms. The molecule has 3 aromatic rings. The topological polar surface area (TPSA) is 78.3 Å². The van der Waals surface area contributed by atoms with Crippen LogP contribution < -0.4 is 14.8 Å². The van der Waals surface area contributed by atoms with E-state index in [9.17, 15) is 4.79 Å². The van der Waals surface area contributed by atoms with Crippen LogP contribution in [0.4, 0.5) is 0 Å². The Balaban J connectivity index is 1.64. The summed E-state index contributed by atoms with van der Waals surface area (Å²) in [7, 11) is 3.14. The van der Waals surface area contributed by atoms with Crippen LogP contribution in [0.1, 0.15) is 21.6 Å². The van der Waals surface area contributed by atoms with E-state index in [2.05, 4.69) is 15.6 Å². The average Bonchev–Trinajstić information content (AvgIpc) is 3.15. The number of benzene rings is 2. The van der Waals surface area contributed by atoms with Crippen LogP contribution in [0.3, 0.4) is 0 Å². The summed E-state index contributed by atoms with van der Waals surface area (Å²) in [5.41, 5.74) is 2.17. The van der Waals surface area contributed by atoms with Gasteiger partial charge in [0.1, 0.15) is 0 Å². The van der Waals surface area contributed by atoms with Gasteiger partial charge >= 0.3 is 0 Å². The van der Waals surface area contributed by atoms with Crippen molar-refractivity contribution < 1.29 is 14.3 Å². The van der Waals surface area contributed by atoms with Crippen molar-refractivity contribution in [3.05, 3.63) is 71.5 Å². The first-order valence-electron chi connectivity index (χ1n) is 8.13. The number of amides is 1. The van der Waals surface area contributed by atoms with Crippen molar-refractivity contribution in [2.24, 2.45) is 0 Å². The van der Waals surface area contributed by atoms with Crippen LogP contribution in [0.5, 0.6) is 11.5 Å². The van der Waals surface area contributed by atoms with Gasteiger partial charge in [-0.1, -0.05) is 47.7 Å². The molecular formula is C19H20N4O3. The minimum absolute atomic E-state index is 0.266. The molecule has 26 heavy (non-hydrogen) atoms. The van der Waals surface area contributed by atoms with Gasteiger partial charge in [-0.2, -0.15) is 0 Å². The molecule has 134 valence electrons. The number of ether oxygens (including phenoxy) is 2. The van der Waals surface area contributed by atoms with E-state index in [1.165, 1.54) is 0 Å². The fourth-order valence-corrected chi connectivity index (χ4v) is 2.61. The van der Waals surface area contributed by atoms with Gasteiger partial charge in [-0.25, -0.2) is 4.68 Å². The molecule has 1 aromatic heterocycles. The summed E-state index contributed by atoms with van der Waals surface area (Å²) in [6.07, 6.45) is 1.63. The van der Waals surface area contributed by atoms with Crippen LogP contribution in [0, 0.1) is 0 Å². The number of nitrogens with zero attached hydrogens (tertiary/aromatic N) is 3. The Morgan fingerprint density at radius 1 is 1.08 bits per heavy atom. The number of rotatable bonds is 7.